The molecule has 0 radical (unpaired) electrons. The van der Waals surface area contributed by atoms with E-state index in [1.54, 1.807) is 0 Å². The number of rotatable bonds is 6. The van der Waals surface area contributed by atoms with E-state index in [1.807, 2.05) is 0 Å². The molecule has 0 aromatic carbocycles. The van der Waals surface area contributed by atoms with E-state index in [2.05, 4.69) is 44.6 Å². The summed E-state index contributed by atoms with van der Waals surface area (Å²) in [6.45, 7) is 7.54. The lowest BCUT2D eigenvalue weighted by atomic mass is 10.5. The SMILES string of the molecule is CCN(CC)CCOc1nc[nH]c(=O)c1Br. The molecule has 6 heteroatoms. The molecule has 0 saturated carbocycles. The normalized spacial score (nSPS) is 10.8. The van der Waals surface area contributed by atoms with Crippen molar-refractivity contribution in [2.75, 3.05) is 26.2 Å². The number of likely N-dealkylation sites (N-methyl/N-ethyl adjacent to an activating group) is 1. The average molecular weight is 290 g/mol. The van der Waals surface area contributed by atoms with Gasteiger partial charge in [-0.05, 0) is 29.0 Å². The molecule has 1 N–H and O–H groups in total. The molecule has 90 valence electrons. The second-order valence-electron chi connectivity index (χ2n) is 3.23. The minimum atomic E-state index is -0.229. The molecule has 0 unspecified atom stereocenters. The van der Waals surface area contributed by atoms with Crippen LogP contribution in [0.5, 0.6) is 5.88 Å². The van der Waals surface area contributed by atoms with Crippen LogP contribution in [0.25, 0.3) is 0 Å². The number of nitrogens with one attached hydrogen (secondary N) is 1. The van der Waals surface area contributed by atoms with Crippen LogP contribution in [0, 0.1) is 0 Å². The summed E-state index contributed by atoms with van der Waals surface area (Å²) < 4.78 is 5.77. The van der Waals surface area contributed by atoms with Gasteiger partial charge in [0.1, 0.15) is 11.1 Å². The van der Waals surface area contributed by atoms with Gasteiger partial charge in [-0.25, -0.2) is 4.98 Å². The number of ether oxygens (including phenoxy) is 1. The maximum Gasteiger partial charge on any atom is 0.268 e. The fraction of sp³-hybridized carbons (Fsp3) is 0.600. The van der Waals surface area contributed by atoms with Crippen LogP contribution in [-0.2, 0) is 0 Å². The lowest BCUT2D eigenvalue weighted by molar-refractivity contribution is 0.216. The van der Waals surface area contributed by atoms with E-state index >= 15 is 0 Å². The van der Waals surface area contributed by atoms with Crippen LogP contribution >= 0.6 is 15.9 Å². The van der Waals surface area contributed by atoms with Gasteiger partial charge < -0.3 is 14.6 Å². The molecule has 0 atom stereocenters. The average Bonchev–Trinajstić information content (AvgIpc) is 2.30. The highest BCUT2D eigenvalue weighted by Crippen LogP contribution is 2.15. The first-order chi connectivity index (χ1) is 7.69. The Hall–Kier alpha value is -0.880. The zero-order valence-electron chi connectivity index (χ0n) is 9.49. The molecule has 0 saturated heterocycles. The summed E-state index contributed by atoms with van der Waals surface area (Å²) in [6, 6.07) is 0. The third-order valence-corrected chi connectivity index (χ3v) is 3.00. The third-order valence-electron chi connectivity index (χ3n) is 2.31. The van der Waals surface area contributed by atoms with Crippen molar-refractivity contribution in [3.8, 4) is 5.88 Å². The predicted molar refractivity (Wildman–Crippen MR) is 65.8 cm³/mol. The van der Waals surface area contributed by atoms with Crippen LogP contribution < -0.4 is 10.3 Å². The van der Waals surface area contributed by atoms with Gasteiger partial charge in [-0.2, -0.15) is 0 Å². The number of hydrogen-bond donors (Lipinski definition) is 1. The molecule has 1 heterocycles. The Balaban J connectivity index is 2.49. The third kappa shape index (κ3) is 3.61. The number of aromatic amines is 1. The molecule has 1 rings (SSSR count). The molecule has 0 aliphatic carbocycles. The standard InChI is InChI=1S/C10H16BrN3O2/c1-3-14(4-2)5-6-16-10-8(11)9(15)12-7-13-10/h7H,3-6H2,1-2H3,(H,12,13,15). The van der Waals surface area contributed by atoms with E-state index in [-0.39, 0.29) is 5.56 Å². The van der Waals surface area contributed by atoms with Crippen molar-refractivity contribution >= 4 is 15.9 Å². The van der Waals surface area contributed by atoms with Crippen LogP contribution in [0.15, 0.2) is 15.6 Å². The summed E-state index contributed by atoms with van der Waals surface area (Å²) in [7, 11) is 0. The Morgan fingerprint density at radius 3 is 2.81 bits per heavy atom. The van der Waals surface area contributed by atoms with Gasteiger partial charge in [0.25, 0.3) is 5.56 Å². The molecular weight excluding hydrogens is 274 g/mol. The Morgan fingerprint density at radius 1 is 1.50 bits per heavy atom. The number of H-pyrrole nitrogens is 1. The topological polar surface area (TPSA) is 58.2 Å². The van der Waals surface area contributed by atoms with Crippen LogP contribution in [0.4, 0.5) is 0 Å². The van der Waals surface area contributed by atoms with Crippen molar-refractivity contribution in [2.45, 2.75) is 13.8 Å². The Morgan fingerprint density at radius 2 is 2.19 bits per heavy atom. The minimum Gasteiger partial charge on any atom is -0.475 e. The molecule has 0 amide bonds. The Kier molecular flexibility index (Phi) is 5.48. The summed E-state index contributed by atoms with van der Waals surface area (Å²) in [5.74, 6) is 0.343. The van der Waals surface area contributed by atoms with E-state index < -0.39 is 0 Å². The zero-order chi connectivity index (χ0) is 12.0. The Bertz CT molecular complexity index is 377. The van der Waals surface area contributed by atoms with Crippen molar-refractivity contribution < 1.29 is 4.74 Å². The highest BCUT2D eigenvalue weighted by Gasteiger charge is 2.06. The van der Waals surface area contributed by atoms with Gasteiger partial charge in [0, 0.05) is 6.54 Å². The number of halogens is 1. The van der Waals surface area contributed by atoms with Crippen LogP contribution in [0.2, 0.25) is 0 Å². The molecular formula is C10H16BrN3O2. The van der Waals surface area contributed by atoms with Gasteiger partial charge in [0.2, 0.25) is 5.88 Å². The van der Waals surface area contributed by atoms with Crippen LogP contribution in [-0.4, -0.2) is 41.1 Å². The van der Waals surface area contributed by atoms with Crippen LogP contribution in [0.1, 0.15) is 13.8 Å². The summed E-state index contributed by atoms with van der Waals surface area (Å²) >= 11 is 3.14. The maximum absolute atomic E-state index is 11.2. The van der Waals surface area contributed by atoms with Crippen molar-refractivity contribution in [3.63, 3.8) is 0 Å². The highest BCUT2D eigenvalue weighted by atomic mass is 79.9. The maximum atomic E-state index is 11.2. The van der Waals surface area contributed by atoms with Crippen LogP contribution in [0.3, 0.4) is 0 Å². The fourth-order valence-electron chi connectivity index (χ4n) is 1.28. The summed E-state index contributed by atoms with van der Waals surface area (Å²) in [4.78, 5) is 19.9. The first-order valence-electron chi connectivity index (χ1n) is 5.27. The highest BCUT2D eigenvalue weighted by molar-refractivity contribution is 9.10. The molecule has 0 fully saturated rings. The van der Waals surface area contributed by atoms with E-state index in [9.17, 15) is 4.79 Å². The van der Waals surface area contributed by atoms with E-state index in [0.717, 1.165) is 19.6 Å². The van der Waals surface area contributed by atoms with Gasteiger partial charge in [-0.1, -0.05) is 13.8 Å². The van der Waals surface area contributed by atoms with Gasteiger partial charge in [-0.15, -0.1) is 0 Å². The number of nitrogens with zero attached hydrogens (tertiary/aromatic N) is 2. The molecule has 0 aliphatic rings. The summed E-state index contributed by atoms with van der Waals surface area (Å²) in [6.07, 6.45) is 1.33. The number of aromatic nitrogens is 2. The Labute approximate surface area is 103 Å². The quantitative estimate of drug-likeness (QED) is 0.856. The fourth-order valence-corrected chi connectivity index (χ4v) is 1.61. The van der Waals surface area contributed by atoms with Crippen molar-refractivity contribution in [1.82, 2.24) is 14.9 Å². The van der Waals surface area contributed by atoms with Crippen molar-refractivity contribution in [2.24, 2.45) is 0 Å². The van der Waals surface area contributed by atoms with Gasteiger partial charge in [0.05, 0.1) is 6.33 Å². The van der Waals surface area contributed by atoms with Gasteiger partial charge in [-0.3, -0.25) is 4.79 Å². The molecule has 0 bridgehead atoms. The second-order valence-corrected chi connectivity index (χ2v) is 4.02. The van der Waals surface area contributed by atoms with Gasteiger partial charge in [0.15, 0.2) is 0 Å². The molecule has 0 aliphatic heterocycles. The smallest absolute Gasteiger partial charge is 0.268 e. The van der Waals surface area contributed by atoms with Crippen molar-refractivity contribution in [1.29, 1.82) is 0 Å². The monoisotopic (exact) mass is 289 g/mol. The lowest BCUT2D eigenvalue weighted by Crippen LogP contribution is -2.28. The summed E-state index contributed by atoms with van der Waals surface area (Å²) in [5, 5.41) is 0. The lowest BCUT2D eigenvalue weighted by Gasteiger charge is -2.17. The van der Waals surface area contributed by atoms with E-state index in [0.29, 0.717) is 17.0 Å². The first kappa shape index (κ1) is 13.2. The molecule has 0 spiro atoms. The second kappa shape index (κ2) is 6.65. The molecule has 16 heavy (non-hydrogen) atoms. The zero-order valence-corrected chi connectivity index (χ0v) is 11.1. The number of hydrogen-bond acceptors (Lipinski definition) is 4. The van der Waals surface area contributed by atoms with E-state index in [4.69, 9.17) is 4.74 Å². The van der Waals surface area contributed by atoms with Crippen molar-refractivity contribution in [3.05, 3.63) is 21.2 Å². The largest absolute Gasteiger partial charge is 0.475 e. The van der Waals surface area contributed by atoms with Gasteiger partial charge >= 0.3 is 0 Å². The molecule has 1 aromatic rings. The molecule has 1 aromatic heterocycles. The minimum absolute atomic E-state index is 0.229. The molecule has 5 nitrogen and oxygen atoms in total. The first-order valence-corrected chi connectivity index (χ1v) is 6.06. The predicted octanol–water partition coefficient (Wildman–Crippen LogP) is 1.25. The van der Waals surface area contributed by atoms with E-state index in [1.165, 1.54) is 6.33 Å². The summed E-state index contributed by atoms with van der Waals surface area (Å²) in [5.41, 5.74) is -0.229.